The van der Waals surface area contributed by atoms with Crippen LogP contribution in [-0.4, -0.2) is 51.3 Å². The van der Waals surface area contributed by atoms with Crippen LogP contribution in [-0.2, 0) is 9.53 Å². The molecule has 90 valence electrons. The minimum atomic E-state index is -0.106. The van der Waals surface area contributed by atoms with Crippen LogP contribution in [0, 0.1) is 0 Å². The number of esters is 1. The highest BCUT2D eigenvalue weighted by Gasteiger charge is 2.12. The molecule has 0 heterocycles. The Morgan fingerprint density at radius 2 is 1.87 bits per heavy atom. The van der Waals surface area contributed by atoms with Gasteiger partial charge in [0.25, 0.3) is 0 Å². The van der Waals surface area contributed by atoms with Crippen LogP contribution in [0.5, 0.6) is 0 Å². The molecule has 0 radical (unpaired) electrons. The van der Waals surface area contributed by atoms with Crippen LogP contribution in [0.25, 0.3) is 0 Å². The highest BCUT2D eigenvalue weighted by atomic mass is 16.5. The second kappa shape index (κ2) is 7.65. The number of carbonyl (C=O) groups is 1. The van der Waals surface area contributed by atoms with E-state index in [0.29, 0.717) is 6.42 Å². The Morgan fingerprint density at radius 3 is 2.40 bits per heavy atom. The summed E-state index contributed by atoms with van der Waals surface area (Å²) >= 11 is 0. The Hall–Kier alpha value is -0.610. The zero-order chi connectivity index (χ0) is 11.7. The molecule has 0 aliphatic rings. The van der Waals surface area contributed by atoms with E-state index < -0.39 is 0 Å². The van der Waals surface area contributed by atoms with Crippen LogP contribution in [0.15, 0.2) is 0 Å². The van der Waals surface area contributed by atoms with Crippen molar-refractivity contribution in [2.45, 2.75) is 25.7 Å². The van der Waals surface area contributed by atoms with Crippen LogP contribution < -0.4 is 5.73 Å². The average molecular weight is 217 g/mol. The van der Waals surface area contributed by atoms with Gasteiger partial charge in [-0.1, -0.05) is 0 Å². The third-order valence-corrected chi connectivity index (χ3v) is 2.61. The standard InChI is InChI=1S/C11H25N2O2/c1-13(2,10-8-12)9-6-4-5-7-11(14)15-3/h4-10,12H2,1-3H3/q+1. The van der Waals surface area contributed by atoms with Gasteiger partial charge in [0.15, 0.2) is 0 Å². The van der Waals surface area contributed by atoms with Gasteiger partial charge in [-0.25, -0.2) is 0 Å². The summed E-state index contributed by atoms with van der Waals surface area (Å²) < 4.78 is 5.54. The van der Waals surface area contributed by atoms with Gasteiger partial charge in [-0.2, -0.15) is 0 Å². The molecule has 4 nitrogen and oxygen atoms in total. The summed E-state index contributed by atoms with van der Waals surface area (Å²) in [5, 5.41) is 0. The molecule has 0 atom stereocenters. The van der Waals surface area contributed by atoms with Gasteiger partial charge >= 0.3 is 5.97 Å². The van der Waals surface area contributed by atoms with E-state index in [9.17, 15) is 4.79 Å². The molecule has 4 heteroatoms. The fraction of sp³-hybridized carbons (Fsp3) is 0.909. The number of unbranched alkanes of at least 4 members (excludes halogenated alkanes) is 2. The van der Waals surface area contributed by atoms with Crippen molar-refractivity contribution in [1.29, 1.82) is 0 Å². The van der Waals surface area contributed by atoms with E-state index in [2.05, 4.69) is 18.8 Å². The molecule has 0 aromatic rings. The Morgan fingerprint density at radius 1 is 1.20 bits per heavy atom. The van der Waals surface area contributed by atoms with Crippen LogP contribution in [0.2, 0.25) is 0 Å². The largest absolute Gasteiger partial charge is 0.469 e. The number of hydrogen-bond acceptors (Lipinski definition) is 3. The molecular formula is C11H25N2O2+. The Kier molecular flexibility index (Phi) is 7.34. The summed E-state index contributed by atoms with van der Waals surface area (Å²) in [5.41, 5.74) is 5.53. The number of likely N-dealkylation sites (N-methyl/N-ethyl adjacent to an activating group) is 1. The molecule has 0 aliphatic heterocycles. The van der Waals surface area contributed by atoms with E-state index in [1.807, 2.05) is 0 Å². The van der Waals surface area contributed by atoms with Crippen molar-refractivity contribution in [3.63, 3.8) is 0 Å². The first-order valence-electron chi connectivity index (χ1n) is 5.61. The van der Waals surface area contributed by atoms with Crippen molar-refractivity contribution < 1.29 is 14.0 Å². The maximum Gasteiger partial charge on any atom is 0.305 e. The van der Waals surface area contributed by atoms with E-state index >= 15 is 0 Å². The summed E-state index contributed by atoms with van der Waals surface area (Å²) in [6.45, 7) is 2.87. The molecule has 0 saturated carbocycles. The second-order valence-corrected chi connectivity index (χ2v) is 4.56. The Labute approximate surface area is 93.0 Å². The van der Waals surface area contributed by atoms with E-state index in [1.165, 1.54) is 7.11 Å². The molecular weight excluding hydrogens is 192 g/mol. The normalized spacial score (nSPS) is 11.5. The molecule has 0 aromatic carbocycles. The first-order chi connectivity index (χ1) is 7.02. The fourth-order valence-electron chi connectivity index (χ4n) is 1.55. The molecule has 0 amide bonds. The lowest BCUT2D eigenvalue weighted by atomic mass is 10.2. The topological polar surface area (TPSA) is 52.3 Å². The SMILES string of the molecule is COC(=O)CCCCC[N+](C)(C)CCN. The van der Waals surface area contributed by atoms with Crippen molar-refractivity contribution in [1.82, 2.24) is 0 Å². The molecule has 0 aromatic heterocycles. The quantitative estimate of drug-likeness (QED) is 0.371. The predicted molar refractivity (Wildman–Crippen MR) is 61.4 cm³/mol. The molecule has 0 spiro atoms. The Bertz CT molecular complexity index is 181. The van der Waals surface area contributed by atoms with Crippen molar-refractivity contribution in [3.05, 3.63) is 0 Å². The van der Waals surface area contributed by atoms with Crippen molar-refractivity contribution in [2.24, 2.45) is 5.73 Å². The summed E-state index contributed by atoms with van der Waals surface area (Å²) in [5.74, 6) is -0.106. The van der Waals surface area contributed by atoms with E-state index in [-0.39, 0.29) is 5.97 Å². The highest BCUT2D eigenvalue weighted by Crippen LogP contribution is 2.05. The highest BCUT2D eigenvalue weighted by molar-refractivity contribution is 5.68. The van der Waals surface area contributed by atoms with Gasteiger partial charge in [0, 0.05) is 13.0 Å². The molecule has 0 saturated heterocycles. The number of ether oxygens (including phenoxy) is 1. The number of rotatable bonds is 8. The fourth-order valence-corrected chi connectivity index (χ4v) is 1.55. The number of methoxy groups -OCH3 is 1. The van der Waals surface area contributed by atoms with Crippen molar-refractivity contribution in [3.8, 4) is 0 Å². The maximum absolute atomic E-state index is 10.8. The maximum atomic E-state index is 10.8. The molecule has 0 unspecified atom stereocenters. The monoisotopic (exact) mass is 217 g/mol. The number of nitrogens with two attached hydrogens (primary N) is 1. The minimum Gasteiger partial charge on any atom is -0.469 e. The molecule has 2 N–H and O–H groups in total. The smallest absolute Gasteiger partial charge is 0.305 e. The number of hydrogen-bond donors (Lipinski definition) is 1. The molecule has 0 rings (SSSR count). The van der Waals surface area contributed by atoms with Gasteiger partial charge in [-0.3, -0.25) is 4.79 Å². The lowest BCUT2D eigenvalue weighted by Gasteiger charge is -2.29. The number of carbonyl (C=O) groups excluding carboxylic acids is 1. The summed E-state index contributed by atoms with van der Waals surface area (Å²) in [6.07, 6.45) is 3.70. The molecule has 0 fully saturated rings. The van der Waals surface area contributed by atoms with Gasteiger partial charge in [-0.15, -0.1) is 0 Å². The van der Waals surface area contributed by atoms with Crippen LogP contribution in [0.4, 0.5) is 0 Å². The van der Waals surface area contributed by atoms with E-state index in [4.69, 9.17) is 5.73 Å². The van der Waals surface area contributed by atoms with Crippen LogP contribution in [0.3, 0.4) is 0 Å². The molecule has 15 heavy (non-hydrogen) atoms. The third-order valence-electron chi connectivity index (χ3n) is 2.61. The van der Waals surface area contributed by atoms with Crippen LogP contribution in [0.1, 0.15) is 25.7 Å². The lowest BCUT2D eigenvalue weighted by molar-refractivity contribution is -0.889. The van der Waals surface area contributed by atoms with Crippen LogP contribution >= 0.6 is 0 Å². The first-order valence-corrected chi connectivity index (χ1v) is 5.61. The van der Waals surface area contributed by atoms with Gasteiger partial charge in [-0.05, 0) is 19.3 Å². The van der Waals surface area contributed by atoms with E-state index in [1.54, 1.807) is 0 Å². The second-order valence-electron chi connectivity index (χ2n) is 4.56. The third kappa shape index (κ3) is 8.39. The number of quaternary nitrogens is 1. The average Bonchev–Trinajstić information content (AvgIpc) is 2.16. The predicted octanol–water partition coefficient (Wildman–Crippen LogP) is 0.755. The number of nitrogens with zero attached hydrogens (tertiary/aromatic N) is 1. The van der Waals surface area contributed by atoms with E-state index in [0.717, 1.165) is 43.4 Å². The van der Waals surface area contributed by atoms with Gasteiger partial charge in [0.1, 0.15) is 0 Å². The lowest BCUT2D eigenvalue weighted by Crippen LogP contribution is -2.44. The summed E-state index contributed by atoms with van der Waals surface area (Å²) in [4.78, 5) is 10.8. The summed E-state index contributed by atoms with van der Waals surface area (Å²) in [6, 6.07) is 0. The van der Waals surface area contributed by atoms with Gasteiger partial charge in [0.05, 0.1) is 34.3 Å². The van der Waals surface area contributed by atoms with Crippen molar-refractivity contribution in [2.75, 3.05) is 40.8 Å². The van der Waals surface area contributed by atoms with Gasteiger partial charge in [0.2, 0.25) is 0 Å². The molecule has 0 bridgehead atoms. The zero-order valence-electron chi connectivity index (χ0n) is 10.3. The molecule has 0 aliphatic carbocycles. The van der Waals surface area contributed by atoms with Crippen molar-refractivity contribution >= 4 is 5.97 Å². The van der Waals surface area contributed by atoms with Gasteiger partial charge < -0.3 is 15.0 Å². The zero-order valence-corrected chi connectivity index (χ0v) is 10.3. The summed E-state index contributed by atoms with van der Waals surface area (Å²) in [7, 11) is 5.81. The first kappa shape index (κ1) is 14.4. The minimum absolute atomic E-state index is 0.106. The Balaban J connectivity index is 3.41.